The summed E-state index contributed by atoms with van der Waals surface area (Å²) in [5, 5.41) is 2.27. The summed E-state index contributed by atoms with van der Waals surface area (Å²) in [5.41, 5.74) is 0.787. The molecule has 3 aromatic rings. The lowest BCUT2D eigenvalue weighted by atomic mass is 9.96. The zero-order valence-electron chi connectivity index (χ0n) is 18.7. The number of hydrogen-bond acceptors (Lipinski definition) is 5. The summed E-state index contributed by atoms with van der Waals surface area (Å²) in [7, 11) is 4.20. The van der Waals surface area contributed by atoms with E-state index in [1.165, 1.54) is 5.56 Å². The predicted molar refractivity (Wildman–Crippen MR) is 121 cm³/mol. The number of benzene rings is 2. The number of aromatic nitrogens is 2. The minimum atomic E-state index is -0.449. The molecule has 1 fully saturated rings. The largest absolute Gasteiger partial charge is 0.492 e. The van der Waals surface area contributed by atoms with E-state index in [1.54, 1.807) is 0 Å². The first-order valence-corrected chi connectivity index (χ1v) is 10.9. The second kappa shape index (κ2) is 8.71. The Bertz CT molecular complexity index is 1040. The lowest BCUT2D eigenvalue weighted by Gasteiger charge is -2.31. The van der Waals surface area contributed by atoms with Gasteiger partial charge in [0.25, 0.3) is 0 Å². The van der Waals surface area contributed by atoms with Gasteiger partial charge in [0.15, 0.2) is 0 Å². The van der Waals surface area contributed by atoms with Gasteiger partial charge in [-0.15, -0.1) is 0 Å². The van der Waals surface area contributed by atoms with Gasteiger partial charge in [0.2, 0.25) is 0 Å². The van der Waals surface area contributed by atoms with Crippen LogP contribution in [-0.4, -0.2) is 53.8 Å². The summed E-state index contributed by atoms with van der Waals surface area (Å²) in [4.78, 5) is 18.6. The van der Waals surface area contributed by atoms with Crippen LogP contribution in [0.1, 0.15) is 38.3 Å². The highest BCUT2D eigenvalue weighted by Crippen LogP contribution is 2.47. The van der Waals surface area contributed by atoms with Crippen molar-refractivity contribution >= 4 is 16.7 Å². The normalized spacial score (nSPS) is 16.8. The lowest BCUT2D eigenvalue weighted by Crippen LogP contribution is -2.34. The molecule has 2 aromatic carbocycles. The highest BCUT2D eigenvalue weighted by Gasteiger charge is 2.52. The van der Waals surface area contributed by atoms with Crippen molar-refractivity contribution < 1.29 is 14.3 Å². The minimum Gasteiger partial charge on any atom is -0.492 e. The van der Waals surface area contributed by atoms with Crippen LogP contribution in [0.15, 0.2) is 55.1 Å². The third kappa shape index (κ3) is 4.44. The first kappa shape index (κ1) is 21.4. The fourth-order valence-corrected chi connectivity index (χ4v) is 4.00. The summed E-state index contributed by atoms with van der Waals surface area (Å²) >= 11 is 0. The molecule has 6 heteroatoms. The zero-order valence-corrected chi connectivity index (χ0v) is 18.7. The molecule has 4 rings (SSSR count). The number of ether oxygens (including phenoxy) is 2. The Hall–Kier alpha value is -2.86. The van der Waals surface area contributed by atoms with Crippen LogP contribution in [0.5, 0.6) is 5.75 Å². The Labute approximate surface area is 183 Å². The molecule has 0 spiro atoms. The number of fused-ring (bicyclic) bond motifs is 1. The van der Waals surface area contributed by atoms with Crippen molar-refractivity contribution in [3.8, 4) is 5.75 Å². The van der Waals surface area contributed by atoms with E-state index in [0.717, 1.165) is 29.4 Å². The van der Waals surface area contributed by atoms with E-state index in [2.05, 4.69) is 59.7 Å². The van der Waals surface area contributed by atoms with Crippen LogP contribution in [0, 0.1) is 5.41 Å². The summed E-state index contributed by atoms with van der Waals surface area (Å²) in [6.07, 6.45) is 7.39. The third-order valence-corrected chi connectivity index (χ3v) is 6.37. The number of likely N-dealkylation sites (N-methyl/N-ethyl adjacent to an activating group) is 1. The van der Waals surface area contributed by atoms with E-state index in [9.17, 15) is 4.79 Å². The molecule has 0 radical (unpaired) electrons. The first-order valence-electron chi connectivity index (χ1n) is 10.9. The summed E-state index contributed by atoms with van der Waals surface area (Å²) in [5.74, 6) is 0.643. The van der Waals surface area contributed by atoms with Crippen LogP contribution in [0.4, 0.5) is 0 Å². The highest BCUT2D eigenvalue weighted by molar-refractivity contribution is 5.85. The molecule has 1 saturated carbocycles. The van der Waals surface area contributed by atoms with Gasteiger partial charge in [0.1, 0.15) is 17.8 Å². The standard InChI is InChI=1S/C25H31N3O3/c1-5-30-24(29)25(10-11-25)16-31-22-9-8-19-14-21(7-6-20(19)15-22)23(18(2)27(3)4)28-13-12-26-17-28/h6-9,12-15,17-18,23H,5,10-11,16H2,1-4H3. The molecular formula is C25H31N3O3. The smallest absolute Gasteiger partial charge is 0.315 e. The van der Waals surface area contributed by atoms with Gasteiger partial charge in [-0.2, -0.15) is 0 Å². The monoisotopic (exact) mass is 421 g/mol. The molecule has 31 heavy (non-hydrogen) atoms. The molecule has 1 aliphatic rings. The number of nitrogens with zero attached hydrogens (tertiary/aromatic N) is 3. The molecule has 0 saturated heterocycles. The van der Waals surface area contributed by atoms with E-state index in [1.807, 2.05) is 37.8 Å². The third-order valence-electron chi connectivity index (χ3n) is 6.37. The average molecular weight is 422 g/mol. The maximum Gasteiger partial charge on any atom is 0.315 e. The number of rotatable bonds is 9. The Balaban J connectivity index is 1.55. The molecule has 0 bridgehead atoms. The van der Waals surface area contributed by atoms with Crippen molar-refractivity contribution in [3.05, 3.63) is 60.7 Å². The van der Waals surface area contributed by atoms with Crippen molar-refractivity contribution in [2.45, 2.75) is 38.8 Å². The maximum absolute atomic E-state index is 12.2. The fourth-order valence-electron chi connectivity index (χ4n) is 4.00. The number of esters is 1. The maximum atomic E-state index is 12.2. The van der Waals surface area contributed by atoms with Gasteiger partial charge < -0.3 is 18.9 Å². The van der Waals surface area contributed by atoms with Crippen LogP contribution >= 0.6 is 0 Å². The van der Waals surface area contributed by atoms with Crippen LogP contribution in [0.3, 0.4) is 0 Å². The Morgan fingerprint density at radius 2 is 1.94 bits per heavy atom. The molecule has 1 aromatic heterocycles. The molecule has 2 unspecified atom stereocenters. The average Bonchev–Trinajstić information content (AvgIpc) is 3.38. The van der Waals surface area contributed by atoms with E-state index in [4.69, 9.17) is 9.47 Å². The van der Waals surface area contributed by atoms with Crippen molar-refractivity contribution in [2.75, 3.05) is 27.3 Å². The SMILES string of the molecule is CCOC(=O)C1(COc2ccc3cc(C(C(C)N(C)C)n4ccnc4)ccc3c2)CC1. The predicted octanol–water partition coefficient (Wildman–Crippen LogP) is 4.30. The molecular weight excluding hydrogens is 390 g/mol. The van der Waals surface area contributed by atoms with E-state index >= 15 is 0 Å². The summed E-state index contributed by atoms with van der Waals surface area (Å²) in [6.45, 7) is 4.84. The van der Waals surface area contributed by atoms with Crippen molar-refractivity contribution in [1.29, 1.82) is 0 Å². The highest BCUT2D eigenvalue weighted by atomic mass is 16.5. The summed E-state index contributed by atoms with van der Waals surface area (Å²) in [6, 6.07) is 13.1. The van der Waals surface area contributed by atoms with Gasteiger partial charge in [-0.05, 0) is 75.3 Å². The van der Waals surface area contributed by atoms with Gasteiger partial charge in [0, 0.05) is 18.4 Å². The van der Waals surface area contributed by atoms with Gasteiger partial charge in [-0.25, -0.2) is 4.98 Å². The number of imidazole rings is 1. The quantitative estimate of drug-likeness (QED) is 0.482. The molecule has 1 heterocycles. The first-order chi connectivity index (χ1) is 14.9. The Morgan fingerprint density at radius 1 is 1.19 bits per heavy atom. The van der Waals surface area contributed by atoms with Crippen LogP contribution in [0.25, 0.3) is 10.8 Å². The molecule has 0 aliphatic heterocycles. The molecule has 2 atom stereocenters. The lowest BCUT2D eigenvalue weighted by molar-refractivity contribution is -0.150. The molecule has 164 valence electrons. The van der Waals surface area contributed by atoms with Crippen molar-refractivity contribution in [2.24, 2.45) is 5.41 Å². The minimum absolute atomic E-state index is 0.138. The Kier molecular flexibility index (Phi) is 6.01. The second-order valence-corrected chi connectivity index (χ2v) is 8.72. The molecule has 0 amide bonds. The summed E-state index contributed by atoms with van der Waals surface area (Å²) < 4.78 is 13.4. The Morgan fingerprint density at radius 3 is 2.58 bits per heavy atom. The van der Waals surface area contributed by atoms with Crippen LogP contribution < -0.4 is 4.74 Å². The number of hydrogen-bond donors (Lipinski definition) is 0. The number of carbonyl (C=O) groups is 1. The van der Waals surface area contributed by atoms with Crippen molar-refractivity contribution in [3.63, 3.8) is 0 Å². The van der Waals surface area contributed by atoms with Gasteiger partial charge >= 0.3 is 5.97 Å². The molecule has 6 nitrogen and oxygen atoms in total. The van der Waals surface area contributed by atoms with Crippen LogP contribution in [0.2, 0.25) is 0 Å². The second-order valence-electron chi connectivity index (χ2n) is 8.72. The topological polar surface area (TPSA) is 56.6 Å². The fraction of sp³-hybridized carbons (Fsp3) is 0.440. The number of carbonyl (C=O) groups excluding carboxylic acids is 1. The zero-order chi connectivity index (χ0) is 22.0. The molecule has 0 N–H and O–H groups in total. The van der Waals surface area contributed by atoms with Gasteiger partial charge in [0.05, 0.1) is 19.0 Å². The van der Waals surface area contributed by atoms with E-state index in [-0.39, 0.29) is 12.0 Å². The van der Waals surface area contributed by atoms with Crippen molar-refractivity contribution in [1.82, 2.24) is 14.5 Å². The van der Waals surface area contributed by atoms with E-state index < -0.39 is 5.41 Å². The van der Waals surface area contributed by atoms with Crippen LogP contribution in [-0.2, 0) is 9.53 Å². The van der Waals surface area contributed by atoms with Gasteiger partial charge in [-0.3, -0.25) is 4.79 Å². The van der Waals surface area contributed by atoms with Gasteiger partial charge in [-0.1, -0.05) is 18.2 Å². The molecule has 1 aliphatic carbocycles. The van der Waals surface area contributed by atoms with E-state index in [0.29, 0.717) is 19.3 Å².